The van der Waals surface area contributed by atoms with Gasteiger partial charge in [-0.05, 0) is 39.8 Å². The standard InChI is InChI=1S/C16H21N5/c1-11-5-7-12(8-6-11)20-10-21(16(2,3)4)15-13(14(20)17)9-18-19-15/h5-9H,10,17H2,1-4H3. The van der Waals surface area contributed by atoms with Gasteiger partial charge in [0.1, 0.15) is 5.82 Å². The molecule has 0 atom stereocenters. The molecule has 0 aliphatic carbocycles. The molecule has 0 unspecified atom stereocenters. The average molecular weight is 283 g/mol. The van der Waals surface area contributed by atoms with Gasteiger partial charge in [0.25, 0.3) is 0 Å². The van der Waals surface area contributed by atoms with Crippen LogP contribution in [0.3, 0.4) is 0 Å². The minimum Gasteiger partial charge on any atom is -0.384 e. The topological polar surface area (TPSA) is 57.2 Å². The van der Waals surface area contributed by atoms with Crippen molar-refractivity contribution < 1.29 is 0 Å². The number of anilines is 1. The highest BCUT2D eigenvalue weighted by molar-refractivity contribution is 6.19. The molecular weight excluding hydrogens is 262 g/mol. The van der Waals surface area contributed by atoms with Crippen LogP contribution in [0.15, 0.2) is 45.9 Å². The first-order valence-electron chi connectivity index (χ1n) is 7.11. The van der Waals surface area contributed by atoms with Crippen LogP contribution in [0.5, 0.6) is 0 Å². The van der Waals surface area contributed by atoms with E-state index in [4.69, 9.17) is 5.73 Å². The van der Waals surface area contributed by atoms with Gasteiger partial charge in [-0.2, -0.15) is 5.10 Å². The fourth-order valence-corrected chi connectivity index (χ4v) is 2.54. The monoisotopic (exact) mass is 283 g/mol. The molecule has 2 aliphatic rings. The largest absolute Gasteiger partial charge is 0.384 e. The first-order chi connectivity index (χ1) is 9.88. The summed E-state index contributed by atoms with van der Waals surface area (Å²) in [6.07, 6.45) is 1.74. The summed E-state index contributed by atoms with van der Waals surface area (Å²) >= 11 is 0. The van der Waals surface area contributed by atoms with Crippen LogP contribution in [-0.4, -0.2) is 29.2 Å². The quantitative estimate of drug-likeness (QED) is 0.861. The van der Waals surface area contributed by atoms with Crippen molar-refractivity contribution >= 4 is 17.7 Å². The summed E-state index contributed by atoms with van der Waals surface area (Å²) in [6, 6.07) is 8.39. The molecule has 0 saturated carbocycles. The Morgan fingerprint density at radius 2 is 1.81 bits per heavy atom. The lowest BCUT2D eigenvalue weighted by atomic mass is 10.0. The number of amidine groups is 1. The molecule has 110 valence electrons. The van der Waals surface area contributed by atoms with Crippen LogP contribution in [0.4, 0.5) is 5.69 Å². The first-order valence-corrected chi connectivity index (χ1v) is 7.11. The fraction of sp³-hybridized carbons (Fsp3) is 0.375. The maximum Gasteiger partial charge on any atom is 0.165 e. The average Bonchev–Trinajstić information content (AvgIpc) is 2.89. The van der Waals surface area contributed by atoms with Gasteiger partial charge in [-0.3, -0.25) is 0 Å². The Labute approximate surface area is 125 Å². The SMILES string of the molecule is Cc1ccc(N2CN(C(C)(C)C)C3=NN=CC3=C2N)cc1. The molecule has 0 aromatic heterocycles. The van der Waals surface area contributed by atoms with E-state index in [0.717, 1.165) is 17.1 Å². The summed E-state index contributed by atoms with van der Waals surface area (Å²) in [5.41, 5.74) is 9.51. The van der Waals surface area contributed by atoms with Gasteiger partial charge < -0.3 is 15.5 Å². The molecule has 21 heavy (non-hydrogen) atoms. The van der Waals surface area contributed by atoms with Gasteiger partial charge in [0.05, 0.1) is 18.5 Å². The molecule has 5 heteroatoms. The van der Waals surface area contributed by atoms with Crippen LogP contribution < -0.4 is 10.6 Å². The van der Waals surface area contributed by atoms with Crippen LogP contribution in [-0.2, 0) is 0 Å². The van der Waals surface area contributed by atoms with Crippen molar-refractivity contribution in [2.24, 2.45) is 15.9 Å². The minimum atomic E-state index is -0.0541. The molecule has 5 nitrogen and oxygen atoms in total. The summed E-state index contributed by atoms with van der Waals surface area (Å²) in [7, 11) is 0. The van der Waals surface area contributed by atoms with Crippen molar-refractivity contribution in [2.45, 2.75) is 33.2 Å². The Morgan fingerprint density at radius 1 is 1.14 bits per heavy atom. The molecule has 1 aromatic carbocycles. The highest BCUT2D eigenvalue weighted by atomic mass is 15.4. The van der Waals surface area contributed by atoms with E-state index in [-0.39, 0.29) is 5.54 Å². The molecule has 0 radical (unpaired) electrons. The molecule has 0 bridgehead atoms. The Hall–Kier alpha value is -2.30. The lowest BCUT2D eigenvalue weighted by Crippen LogP contribution is -2.56. The molecule has 0 fully saturated rings. The number of aryl methyl sites for hydroxylation is 1. The first kappa shape index (κ1) is 13.7. The third-order valence-electron chi connectivity index (χ3n) is 3.84. The van der Waals surface area contributed by atoms with E-state index in [1.807, 2.05) is 0 Å². The van der Waals surface area contributed by atoms with E-state index in [2.05, 4.69) is 72.0 Å². The molecule has 2 aliphatic heterocycles. The minimum absolute atomic E-state index is 0.0541. The second kappa shape index (κ2) is 4.62. The smallest absolute Gasteiger partial charge is 0.165 e. The van der Waals surface area contributed by atoms with E-state index in [0.29, 0.717) is 12.5 Å². The predicted molar refractivity (Wildman–Crippen MR) is 87.3 cm³/mol. The van der Waals surface area contributed by atoms with Crippen molar-refractivity contribution in [3.8, 4) is 0 Å². The zero-order valence-corrected chi connectivity index (χ0v) is 13.0. The maximum atomic E-state index is 6.35. The molecular formula is C16H21N5. The Kier molecular flexibility index (Phi) is 3.01. The Balaban J connectivity index is 2.06. The van der Waals surface area contributed by atoms with Gasteiger partial charge in [-0.1, -0.05) is 17.7 Å². The normalized spacial score (nSPS) is 18.2. The summed E-state index contributed by atoms with van der Waals surface area (Å²) in [5.74, 6) is 1.57. The lowest BCUT2D eigenvalue weighted by molar-refractivity contribution is 0.236. The van der Waals surface area contributed by atoms with E-state index in [1.54, 1.807) is 6.21 Å². The van der Waals surface area contributed by atoms with E-state index < -0.39 is 0 Å². The highest BCUT2D eigenvalue weighted by Crippen LogP contribution is 2.30. The van der Waals surface area contributed by atoms with Gasteiger partial charge in [0.2, 0.25) is 0 Å². The third kappa shape index (κ3) is 2.28. The van der Waals surface area contributed by atoms with Crippen molar-refractivity contribution in [3.05, 3.63) is 41.2 Å². The van der Waals surface area contributed by atoms with Crippen molar-refractivity contribution in [1.82, 2.24) is 4.90 Å². The highest BCUT2D eigenvalue weighted by Gasteiger charge is 2.36. The number of nitrogens with zero attached hydrogens (tertiary/aromatic N) is 4. The van der Waals surface area contributed by atoms with Gasteiger partial charge in [-0.15, -0.1) is 5.10 Å². The number of nitrogens with two attached hydrogens (primary N) is 1. The Bertz CT molecular complexity index is 646. The molecule has 2 heterocycles. The number of hydrogen-bond acceptors (Lipinski definition) is 5. The van der Waals surface area contributed by atoms with Gasteiger partial charge in [0.15, 0.2) is 5.84 Å². The number of fused-ring (bicyclic) bond motifs is 1. The van der Waals surface area contributed by atoms with E-state index >= 15 is 0 Å². The molecule has 2 N–H and O–H groups in total. The van der Waals surface area contributed by atoms with Crippen LogP contribution in [0, 0.1) is 6.92 Å². The van der Waals surface area contributed by atoms with Gasteiger partial charge in [0, 0.05) is 11.2 Å². The number of hydrogen-bond donors (Lipinski definition) is 1. The summed E-state index contributed by atoms with van der Waals surface area (Å²) in [4.78, 5) is 4.34. The third-order valence-corrected chi connectivity index (χ3v) is 3.84. The predicted octanol–water partition coefficient (Wildman–Crippen LogP) is 2.44. The van der Waals surface area contributed by atoms with Crippen molar-refractivity contribution in [3.63, 3.8) is 0 Å². The van der Waals surface area contributed by atoms with Crippen LogP contribution >= 0.6 is 0 Å². The number of rotatable bonds is 1. The van der Waals surface area contributed by atoms with Crippen LogP contribution in [0.25, 0.3) is 0 Å². The molecule has 3 rings (SSSR count). The molecule has 0 amide bonds. The van der Waals surface area contributed by atoms with Crippen LogP contribution in [0.1, 0.15) is 26.3 Å². The lowest BCUT2D eigenvalue weighted by Gasteiger charge is -2.45. The zero-order valence-electron chi connectivity index (χ0n) is 13.0. The fourth-order valence-electron chi connectivity index (χ4n) is 2.54. The van der Waals surface area contributed by atoms with Crippen molar-refractivity contribution in [1.29, 1.82) is 0 Å². The van der Waals surface area contributed by atoms with Crippen molar-refractivity contribution in [2.75, 3.05) is 11.6 Å². The van der Waals surface area contributed by atoms with Crippen LogP contribution in [0.2, 0.25) is 0 Å². The van der Waals surface area contributed by atoms with Gasteiger partial charge in [-0.25, -0.2) is 0 Å². The van der Waals surface area contributed by atoms with Gasteiger partial charge >= 0.3 is 0 Å². The molecule has 1 aromatic rings. The van der Waals surface area contributed by atoms with E-state index in [9.17, 15) is 0 Å². The Morgan fingerprint density at radius 3 is 2.43 bits per heavy atom. The second-order valence-corrected chi connectivity index (χ2v) is 6.47. The number of benzene rings is 1. The molecule has 0 saturated heterocycles. The second-order valence-electron chi connectivity index (χ2n) is 6.47. The summed E-state index contributed by atoms with van der Waals surface area (Å²) in [6.45, 7) is 9.25. The maximum absolute atomic E-state index is 6.35. The molecule has 0 spiro atoms. The van der Waals surface area contributed by atoms with E-state index in [1.165, 1.54) is 5.56 Å². The summed E-state index contributed by atoms with van der Waals surface area (Å²) < 4.78 is 0. The summed E-state index contributed by atoms with van der Waals surface area (Å²) in [5, 5.41) is 8.29. The zero-order chi connectivity index (χ0) is 15.2.